The Morgan fingerprint density at radius 1 is 0.556 bits per heavy atom. The maximum absolute atomic E-state index is 6.72. The second kappa shape index (κ2) is 8.67. The predicted octanol–water partition coefficient (Wildman–Crippen LogP) is 10.6. The van der Waals surface area contributed by atoms with Crippen LogP contribution in [0, 0.1) is 0 Å². The van der Waals surface area contributed by atoms with E-state index in [1.807, 2.05) is 18.2 Å². The molecule has 45 heavy (non-hydrogen) atoms. The third-order valence-electron chi connectivity index (χ3n) is 9.79. The lowest BCUT2D eigenvalue weighted by Gasteiger charge is -2.23. The highest BCUT2D eigenvalue weighted by Crippen LogP contribution is 2.53. The highest BCUT2D eigenvalue weighted by atomic mass is 16.3. The van der Waals surface area contributed by atoms with Gasteiger partial charge in [-0.25, -0.2) is 9.97 Å². The minimum Gasteiger partial charge on any atom is -0.454 e. The van der Waals surface area contributed by atoms with E-state index in [0.29, 0.717) is 5.95 Å². The van der Waals surface area contributed by atoms with Gasteiger partial charge in [0.25, 0.3) is 0 Å². The third-order valence-corrected chi connectivity index (χ3v) is 9.79. The van der Waals surface area contributed by atoms with Gasteiger partial charge in [0.2, 0.25) is 5.95 Å². The monoisotopic (exact) mass is 577 g/mol. The summed E-state index contributed by atoms with van der Waals surface area (Å²) in [5, 5.41) is 5.52. The molecule has 0 radical (unpaired) electrons. The maximum Gasteiger partial charge on any atom is 0.235 e. The first-order chi connectivity index (χ1) is 22.1. The molecule has 0 unspecified atom stereocenters. The summed E-state index contributed by atoms with van der Waals surface area (Å²) in [5.74, 6) is 0.640. The van der Waals surface area contributed by atoms with Crippen LogP contribution >= 0.6 is 0 Å². The molecule has 1 aliphatic rings. The van der Waals surface area contributed by atoms with Crippen molar-refractivity contribution in [3.63, 3.8) is 0 Å². The molecule has 1 aliphatic carbocycles. The number of fused-ring (bicyclic) bond motifs is 12. The maximum atomic E-state index is 6.72. The molecule has 0 saturated heterocycles. The first-order valence-corrected chi connectivity index (χ1v) is 15.4. The summed E-state index contributed by atoms with van der Waals surface area (Å²) in [7, 11) is 0. The van der Waals surface area contributed by atoms with Gasteiger partial charge in [-0.2, -0.15) is 0 Å². The van der Waals surface area contributed by atoms with E-state index in [4.69, 9.17) is 14.4 Å². The Morgan fingerprint density at radius 3 is 2.13 bits per heavy atom. The van der Waals surface area contributed by atoms with Crippen LogP contribution in [-0.4, -0.2) is 14.5 Å². The van der Waals surface area contributed by atoms with Gasteiger partial charge < -0.3 is 4.42 Å². The van der Waals surface area contributed by atoms with Crippen LogP contribution in [0.2, 0.25) is 0 Å². The summed E-state index contributed by atoms with van der Waals surface area (Å²) in [6.07, 6.45) is 0. The van der Waals surface area contributed by atoms with Gasteiger partial charge in [0, 0.05) is 37.9 Å². The van der Waals surface area contributed by atoms with Crippen LogP contribution in [0.1, 0.15) is 25.0 Å². The zero-order chi connectivity index (χ0) is 29.9. The molecule has 3 aromatic heterocycles. The first-order valence-electron chi connectivity index (χ1n) is 15.4. The van der Waals surface area contributed by atoms with Gasteiger partial charge in [0.1, 0.15) is 11.1 Å². The van der Waals surface area contributed by atoms with Gasteiger partial charge in [-0.3, -0.25) is 4.57 Å². The number of furan rings is 1. The molecule has 6 aromatic carbocycles. The van der Waals surface area contributed by atoms with Crippen LogP contribution in [0.3, 0.4) is 0 Å². The topological polar surface area (TPSA) is 43.9 Å². The number of benzene rings is 6. The number of hydrogen-bond acceptors (Lipinski definition) is 3. The van der Waals surface area contributed by atoms with E-state index in [1.54, 1.807) is 0 Å². The second-order valence-electron chi connectivity index (χ2n) is 12.6. The second-order valence-corrected chi connectivity index (χ2v) is 12.6. The summed E-state index contributed by atoms with van der Waals surface area (Å²) in [6, 6.07) is 44.9. The Kier molecular flexibility index (Phi) is 4.76. The minimum atomic E-state index is -0.232. The zero-order valence-electron chi connectivity index (χ0n) is 24.9. The van der Waals surface area contributed by atoms with Crippen molar-refractivity contribution in [1.29, 1.82) is 0 Å². The molecule has 0 spiro atoms. The Labute approximate surface area is 259 Å². The molecule has 0 amide bonds. The summed E-state index contributed by atoms with van der Waals surface area (Å²) in [4.78, 5) is 10.7. The van der Waals surface area contributed by atoms with Crippen molar-refractivity contribution < 1.29 is 4.42 Å². The van der Waals surface area contributed by atoms with E-state index >= 15 is 0 Å². The van der Waals surface area contributed by atoms with Gasteiger partial charge >= 0.3 is 0 Å². The van der Waals surface area contributed by atoms with Crippen molar-refractivity contribution in [3.8, 4) is 28.3 Å². The summed E-state index contributed by atoms with van der Waals surface area (Å²) in [5.41, 5.74) is 11.7. The molecule has 4 nitrogen and oxygen atoms in total. The van der Waals surface area contributed by atoms with Gasteiger partial charge in [0.05, 0.1) is 16.7 Å². The fourth-order valence-electron chi connectivity index (χ4n) is 7.80. The lowest BCUT2D eigenvalue weighted by Crippen LogP contribution is -2.17. The van der Waals surface area contributed by atoms with Gasteiger partial charge in [0.15, 0.2) is 5.58 Å². The lowest BCUT2D eigenvalue weighted by atomic mass is 9.81. The standard InChI is InChI=1S/C41H27N3O/c1-41(2)32-17-9-6-14-25(32)27-20-21-28-29-22-23-30-26-15-8-11-19-34(26)45-39(30)38(29)44(37(28)35(27)41)40-42-33-18-10-7-16-31(33)36(43-40)24-12-4-3-5-13-24/h3-23H,1-2H3. The van der Waals surface area contributed by atoms with E-state index in [9.17, 15) is 0 Å². The average Bonchev–Trinajstić information content (AvgIpc) is 3.70. The highest BCUT2D eigenvalue weighted by Gasteiger charge is 2.39. The van der Waals surface area contributed by atoms with Gasteiger partial charge in [-0.1, -0.05) is 123 Å². The molecule has 212 valence electrons. The zero-order valence-corrected chi connectivity index (χ0v) is 24.9. The van der Waals surface area contributed by atoms with E-state index in [0.717, 1.165) is 60.5 Å². The van der Waals surface area contributed by atoms with Crippen molar-refractivity contribution in [1.82, 2.24) is 14.5 Å². The number of para-hydroxylation sites is 2. The Morgan fingerprint density at radius 2 is 1.24 bits per heavy atom. The van der Waals surface area contributed by atoms with Crippen molar-refractivity contribution in [2.24, 2.45) is 0 Å². The van der Waals surface area contributed by atoms with Crippen LogP contribution < -0.4 is 0 Å². The lowest BCUT2D eigenvalue weighted by molar-refractivity contribution is 0.662. The quantitative estimate of drug-likeness (QED) is 0.205. The number of rotatable bonds is 2. The third kappa shape index (κ3) is 3.21. The smallest absolute Gasteiger partial charge is 0.235 e. The van der Waals surface area contributed by atoms with Crippen LogP contribution in [0.25, 0.3) is 83.0 Å². The average molecular weight is 578 g/mol. The molecule has 0 N–H and O–H groups in total. The van der Waals surface area contributed by atoms with Crippen LogP contribution in [0.15, 0.2) is 132 Å². The van der Waals surface area contributed by atoms with Crippen LogP contribution in [0.4, 0.5) is 0 Å². The highest BCUT2D eigenvalue weighted by molar-refractivity contribution is 6.22. The number of hydrogen-bond donors (Lipinski definition) is 0. The van der Waals surface area contributed by atoms with Crippen molar-refractivity contribution in [2.45, 2.75) is 19.3 Å². The molecule has 3 heterocycles. The largest absolute Gasteiger partial charge is 0.454 e. The molecule has 10 rings (SSSR count). The molecule has 0 bridgehead atoms. The molecule has 4 heteroatoms. The molecule has 0 fully saturated rings. The fourth-order valence-corrected chi connectivity index (χ4v) is 7.80. The van der Waals surface area contributed by atoms with E-state index in [1.165, 1.54) is 27.6 Å². The molecule has 0 saturated carbocycles. The Hall–Kier alpha value is -5.74. The molecular formula is C41H27N3O. The fraction of sp³-hybridized carbons (Fsp3) is 0.0732. The van der Waals surface area contributed by atoms with Gasteiger partial charge in [-0.05, 0) is 40.5 Å². The predicted molar refractivity (Wildman–Crippen MR) is 184 cm³/mol. The number of nitrogens with zero attached hydrogens (tertiary/aromatic N) is 3. The van der Waals surface area contributed by atoms with E-state index < -0.39 is 0 Å². The molecular weight excluding hydrogens is 550 g/mol. The summed E-state index contributed by atoms with van der Waals surface area (Å²) < 4.78 is 9.01. The summed E-state index contributed by atoms with van der Waals surface area (Å²) >= 11 is 0. The number of aromatic nitrogens is 3. The SMILES string of the molecule is CC1(C)c2ccccc2-c2ccc3c4ccc5c6ccccc6oc5c4n(-c4nc(-c5ccccc5)c5ccccc5n4)c3c21. The van der Waals surface area contributed by atoms with Crippen LogP contribution in [-0.2, 0) is 5.41 Å². The summed E-state index contributed by atoms with van der Waals surface area (Å²) in [6.45, 7) is 4.68. The van der Waals surface area contributed by atoms with E-state index in [2.05, 4.69) is 128 Å². The Balaban J connectivity index is 1.44. The Bertz CT molecular complexity index is 2680. The van der Waals surface area contributed by atoms with Crippen LogP contribution in [0.5, 0.6) is 0 Å². The van der Waals surface area contributed by atoms with Crippen molar-refractivity contribution in [2.75, 3.05) is 0 Å². The molecule has 0 atom stereocenters. The van der Waals surface area contributed by atoms with Crippen molar-refractivity contribution >= 4 is 54.6 Å². The normalized spacial score (nSPS) is 13.7. The minimum absolute atomic E-state index is 0.232. The van der Waals surface area contributed by atoms with E-state index in [-0.39, 0.29) is 5.41 Å². The first kappa shape index (κ1) is 24.7. The molecule has 9 aromatic rings. The van der Waals surface area contributed by atoms with Gasteiger partial charge in [-0.15, -0.1) is 0 Å². The van der Waals surface area contributed by atoms with Crippen molar-refractivity contribution in [3.05, 3.63) is 139 Å². The molecule has 0 aliphatic heterocycles.